The molecule has 0 unspecified atom stereocenters. The summed E-state index contributed by atoms with van der Waals surface area (Å²) in [5, 5.41) is 2.91. The molecule has 0 spiro atoms. The van der Waals surface area contributed by atoms with Crippen molar-refractivity contribution < 1.29 is 19.1 Å². The van der Waals surface area contributed by atoms with Crippen molar-refractivity contribution in [2.45, 2.75) is 26.5 Å². The van der Waals surface area contributed by atoms with Crippen molar-refractivity contribution in [3.05, 3.63) is 65.2 Å². The molecule has 26 heavy (non-hydrogen) atoms. The van der Waals surface area contributed by atoms with Crippen molar-refractivity contribution in [2.24, 2.45) is 0 Å². The number of para-hydroxylation sites is 1. The van der Waals surface area contributed by atoms with Gasteiger partial charge in [-0.3, -0.25) is 9.69 Å². The van der Waals surface area contributed by atoms with E-state index in [1.54, 1.807) is 0 Å². The number of hydrogen-bond donors (Lipinski definition) is 1. The number of hydrogen-bond acceptors (Lipinski definition) is 4. The molecule has 1 N–H and O–H groups in total. The summed E-state index contributed by atoms with van der Waals surface area (Å²) in [5.74, 6) is -0.281. The maximum atomic E-state index is 12.7. The fourth-order valence-corrected chi connectivity index (χ4v) is 2.86. The number of rotatable bonds is 4. The van der Waals surface area contributed by atoms with Gasteiger partial charge in [0.1, 0.15) is 19.4 Å². The molecular weight excluding hydrogens is 332 g/mol. The number of benzene rings is 2. The van der Waals surface area contributed by atoms with Gasteiger partial charge in [0.05, 0.1) is 6.61 Å². The zero-order valence-electron chi connectivity index (χ0n) is 14.9. The van der Waals surface area contributed by atoms with Crippen molar-refractivity contribution in [1.82, 2.24) is 4.90 Å². The molecule has 2 aromatic carbocycles. The second-order valence-corrected chi connectivity index (χ2v) is 6.28. The molecule has 1 aliphatic heterocycles. The third kappa shape index (κ3) is 4.03. The molecular formula is C20H22N2O4. The van der Waals surface area contributed by atoms with E-state index in [0.29, 0.717) is 0 Å². The summed E-state index contributed by atoms with van der Waals surface area (Å²) in [6, 6.07) is 14.5. The lowest BCUT2D eigenvalue weighted by atomic mass is 10.1. The van der Waals surface area contributed by atoms with Crippen LogP contribution in [0, 0.1) is 13.8 Å². The van der Waals surface area contributed by atoms with Crippen molar-refractivity contribution in [1.29, 1.82) is 0 Å². The van der Waals surface area contributed by atoms with Crippen LogP contribution in [0.15, 0.2) is 48.5 Å². The molecule has 0 aromatic heterocycles. The van der Waals surface area contributed by atoms with E-state index in [-0.39, 0.29) is 25.9 Å². The molecule has 1 heterocycles. The van der Waals surface area contributed by atoms with Crippen molar-refractivity contribution in [2.75, 3.05) is 18.7 Å². The van der Waals surface area contributed by atoms with Crippen molar-refractivity contribution in [3.8, 4) is 0 Å². The fraction of sp³-hybridized carbons (Fsp3) is 0.300. The van der Waals surface area contributed by atoms with E-state index in [2.05, 4.69) is 5.32 Å². The third-order valence-electron chi connectivity index (χ3n) is 4.35. The van der Waals surface area contributed by atoms with Crippen LogP contribution in [0.1, 0.15) is 16.7 Å². The minimum Gasteiger partial charge on any atom is -0.444 e. The van der Waals surface area contributed by atoms with Gasteiger partial charge in [-0.1, -0.05) is 48.5 Å². The number of amides is 2. The van der Waals surface area contributed by atoms with Gasteiger partial charge in [-0.2, -0.15) is 0 Å². The molecule has 0 radical (unpaired) electrons. The van der Waals surface area contributed by atoms with Crippen molar-refractivity contribution in [3.63, 3.8) is 0 Å². The van der Waals surface area contributed by atoms with Gasteiger partial charge in [-0.15, -0.1) is 0 Å². The fourth-order valence-electron chi connectivity index (χ4n) is 2.86. The van der Waals surface area contributed by atoms with Crippen LogP contribution in [-0.2, 0) is 20.9 Å². The molecule has 3 rings (SSSR count). The third-order valence-corrected chi connectivity index (χ3v) is 4.35. The van der Waals surface area contributed by atoms with E-state index >= 15 is 0 Å². The highest BCUT2D eigenvalue weighted by molar-refractivity contribution is 5.98. The zero-order valence-corrected chi connectivity index (χ0v) is 14.9. The monoisotopic (exact) mass is 354 g/mol. The first kappa shape index (κ1) is 17.9. The van der Waals surface area contributed by atoms with E-state index < -0.39 is 12.1 Å². The van der Waals surface area contributed by atoms with Crippen LogP contribution in [0.3, 0.4) is 0 Å². The number of aryl methyl sites for hydroxylation is 2. The molecule has 6 heteroatoms. The van der Waals surface area contributed by atoms with E-state index in [1.807, 2.05) is 62.4 Å². The van der Waals surface area contributed by atoms with Crippen LogP contribution in [0.2, 0.25) is 0 Å². The van der Waals surface area contributed by atoms with Gasteiger partial charge >= 0.3 is 6.09 Å². The number of carbonyl (C=O) groups is 2. The minimum atomic E-state index is -0.711. The number of ether oxygens (including phenoxy) is 2. The molecule has 0 aliphatic carbocycles. The molecule has 2 amide bonds. The van der Waals surface area contributed by atoms with Gasteiger partial charge in [-0.05, 0) is 30.5 Å². The number of nitrogens with zero attached hydrogens (tertiary/aromatic N) is 1. The quantitative estimate of drug-likeness (QED) is 0.915. The average molecular weight is 354 g/mol. The summed E-state index contributed by atoms with van der Waals surface area (Å²) in [4.78, 5) is 26.3. The lowest BCUT2D eigenvalue weighted by molar-refractivity contribution is -0.119. The molecule has 1 saturated heterocycles. The van der Waals surface area contributed by atoms with E-state index in [0.717, 1.165) is 22.4 Å². The van der Waals surface area contributed by atoms with Crippen LogP contribution in [0.25, 0.3) is 0 Å². The molecule has 1 atom stereocenters. The van der Waals surface area contributed by atoms with Crippen LogP contribution >= 0.6 is 0 Å². The molecule has 136 valence electrons. The lowest BCUT2D eigenvalue weighted by Crippen LogP contribution is -2.44. The Labute approximate surface area is 152 Å². The zero-order chi connectivity index (χ0) is 18.5. The van der Waals surface area contributed by atoms with Crippen molar-refractivity contribution >= 4 is 17.7 Å². The Hall–Kier alpha value is -2.86. The molecule has 1 fully saturated rings. The normalized spacial score (nSPS) is 16.4. The number of anilines is 1. The average Bonchev–Trinajstić information content (AvgIpc) is 3.13. The van der Waals surface area contributed by atoms with Gasteiger partial charge < -0.3 is 14.8 Å². The second-order valence-electron chi connectivity index (χ2n) is 6.28. The number of carbonyl (C=O) groups excluding carboxylic acids is 2. The minimum absolute atomic E-state index is 0.0401. The summed E-state index contributed by atoms with van der Waals surface area (Å²) < 4.78 is 10.6. The SMILES string of the molecule is Cc1cccc(C)c1NC(=O)[C@@H]1COCN1C(=O)OCc1ccccc1. The maximum Gasteiger partial charge on any atom is 0.412 e. The van der Waals surface area contributed by atoms with Crippen LogP contribution in [-0.4, -0.2) is 36.3 Å². The van der Waals surface area contributed by atoms with Crippen LogP contribution in [0.4, 0.5) is 10.5 Å². The summed E-state index contributed by atoms with van der Waals surface area (Å²) in [7, 11) is 0. The molecule has 2 aromatic rings. The van der Waals surface area contributed by atoms with Gasteiger partial charge in [-0.25, -0.2) is 4.79 Å². The predicted molar refractivity (Wildman–Crippen MR) is 97.6 cm³/mol. The Kier molecular flexibility index (Phi) is 5.53. The Balaban J connectivity index is 1.63. The Morgan fingerprint density at radius 2 is 1.81 bits per heavy atom. The first-order chi connectivity index (χ1) is 12.6. The largest absolute Gasteiger partial charge is 0.444 e. The first-order valence-corrected chi connectivity index (χ1v) is 8.48. The van der Waals surface area contributed by atoms with Gasteiger partial charge in [0.2, 0.25) is 5.91 Å². The Morgan fingerprint density at radius 3 is 2.50 bits per heavy atom. The second kappa shape index (κ2) is 8.01. The molecule has 0 bridgehead atoms. The lowest BCUT2D eigenvalue weighted by Gasteiger charge is -2.22. The van der Waals surface area contributed by atoms with Gasteiger partial charge in [0, 0.05) is 5.69 Å². The predicted octanol–water partition coefficient (Wildman–Crippen LogP) is 3.24. The highest BCUT2D eigenvalue weighted by atomic mass is 16.6. The van der Waals surface area contributed by atoms with E-state index in [1.165, 1.54) is 4.90 Å². The highest BCUT2D eigenvalue weighted by Gasteiger charge is 2.36. The molecule has 6 nitrogen and oxygen atoms in total. The maximum absolute atomic E-state index is 12.7. The number of nitrogens with one attached hydrogen (secondary N) is 1. The van der Waals surface area contributed by atoms with Gasteiger partial charge in [0.15, 0.2) is 0 Å². The molecule has 1 aliphatic rings. The van der Waals surface area contributed by atoms with E-state index in [4.69, 9.17) is 9.47 Å². The van der Waals surface area contributed by atoms with E-state index in [9.17, 15) is 9.59 Å². The summed E-state index contributed by atoms with van der Waals surface area (Å²) in [5.41, 5.74) is 3.59. The van der Waals surface area contributed by atoms with Crippen LogP contribution in [0.5, 0.6) is 0 Å². The smallest absolute Gasteiger partial charge is 0.412 e. The summed E-state index contributed by atoms with van der Waals surface area (Å²) >= 11 is 0. The highest BCUT2D eigenvalue weighted by Crippen LogP contribution is 2.21. The Morgan fingerprint density at radius 1 is 1.12 bits per heavy atom. The summed E-state index contributed by atoms with van der Waals surface area (Å²) in [6.45, 7) is 4.20. The topological polar surface area (TPSA) is 67.9 Å². The molecule has 0 saturated carbocycles. The standard InChI is InChI=1S/C20H22N2O4/c1-14-7-6-8-15(2)18(14)21-19(23)17-12-25-13-22(17)20(24)26-11-16-9-4-3-5-10-16/h3-10,17H,11-13H2,1-2H3,(H,21,23)/t17-/m0/s1. The van der Waals surface area contributed by atoms with Gasteiger partial charge in [0.25, 0.3) is 0 Å². The van der Waals surface area contributed by atoms with Crippen LogP contribution < -0.4 is 5.32 Å². The first-order valence-electron chi connectivity index (χ1n) is 8.48. The summed E-state index contributed by atoms with van der Waals surface area (Å²) in [6.07, 6.45) is -0.562. The Bertz CT molecular complexity index is 771.